The summed E-state index contributed by atoms with van der Waals surface area (Å²) in [6, 6.07) is 11.8. The van der Waals surface area contributed by atoms with E-state index in [9.17, 15) is 0 Å². The Balaban J connectivity index is 1.84. The maximum atomic E-state index is 3.73. The Bertz CT molecular complexity index is 615. The van der Waals surface area contributed by atoms with E-state index in [0.717, 1.165) is 12.5 Å². The molecule has 2 aromatic rings. The summed E-state index contributed by atoms with van der Waals surface area (Å²) in [6.45, 7) is 5.48. The quantitative estimate of drug-likeness (QED) is 0.669. The number of aryl methyl sites for hydroxylation is 1. The summed E-state index contributed by atoms with van der Waals surface area (Å²) >= 11 is 5.64. The van der Waals surface area contributed by atoms with Crippen molar-refractivity contribution in [2.45, 2.75) is 39.2 Å². The van der Waals surface area contributed by atoms with Crippen molar-refractivity contribution in [2.24, 2.45) is 5.92 Å². The van der Waals surface area contributed by atoms with Gasteiger partial charge in [0.25, 0.3) is 0 Å². The Morgan fingerprint density at radius 2 is 2.10 bits per heavy atom. The van der Waals surface area contributed by atoms with E-state index < -0.39 is 0 Å². The van der Waals surface area contributed by atoms with Gasteiger partial charge in [-0.25, -0.2) is 0 Å². The van der Waals surface area contributed by atoms with Crippen LogP contribution in [0.15, 0.2) is 34.8 Å². The standard InChI is InChI=1S/C18H22BrNS/c1-3-10-20-18(13-5-6-13)17-9-8-16(21-17)14-7-4-12(2)11-15(14)19/h4,7-9,11,13,18,20H,3,5-6,10H2,1-2H3. The van der Waals surface area contributed by atoms with Crippen LogP contribution in [-0.4, -0.2) is 6.54 Å². The van der Waals surface area contributed by atoms with E-state index in [4.69, 9.17) is 0 Å². The topological polar surface area (TPSA) is 12.0 Å². The monoisotopic (exact) mass is 363 g/mol. The zero-order chi connectivity index (χ0) is 14.8. The van der Waals surface area contributed by atoms with Crippen LogP contribution in [0.5, 0.6) is 0 Å². The fourth-order valence-corrected chi connectivity index (χ4v) is 4.77. The van der Waals surface area contributed by atoms with Crippen LogP contribution in [-0.2, 0) is 0 Å². The highest BCUT2D eigenvalue weighted by Crippen LogP contribution is 2.45. The van der Waals surface area contributed by atoms with E-state index in [1.54, 1.807) is 0 Å². The summed E-state index contributed by atoms with van der Waals surface area (Å²) in [5, 5.41) is 3.73. The molecular formula is C18H22BrNS. The highest BCUT2D eigenvalue weighted by Gasteiger charge is 2.32. The third kappa shape index (κ3) is 3.58. The van der Waals surface area contributed by atoms with Gasteiger partial charge in [0.15, 0.2) is 0 Å². The minimum Gasteiger partial charge on any atom is -0.309 e. The second-order valence-electron chi connectivity index (χ2n) is 5.95. The van der Waals surface area contributed by atoms with Gasteiger partial charge in [-0.2, -0.15) is 0 Å². The van der Waals surface area contributed by atoms with E-state index in [1.165, 1.54) is 44.6 Å². The van der Waals surface area contributed by atoms with Crippen LogP contribution >= 0.6 is 27.3 Å². The van der Waals surface area contributed by atoms with Gasteiger partial charge in [-0.15, -0.1) is 11.3 Å². The predicted molar refractivity (Wildman–Crippen MR) is 96.0 cm³/mol. The molecule has 112 valence electrons. The summed E-state index contributed by atoms with van der Waals surface area (Å²) in [6.07, 6.45) is 3.96. The summed E-state index contributed by atoms with van der Waals surface area (Å²) < 4.78 is 1.19. The lowest BCUT2D eigenvalue weighted by molar-refractivity contribution is 0.488. The number of rotatable bonds is 6. The van der Waals surface area contributed by atoms with Crippen molar-refractivity contribution < 1.29 is 0 Å². The zero-order valence-corrected chi connectivity index (χ0v) is 15.1. The van der Waals surface area contributed by atoms with Gasteiger partial charge in [0.1, 0.15) is 0 Å². The largest absolute Gasteiger partial charge is 0.309 e. The SMILES string of the molecule is CCCNC(c1ccc(-c2ccc(C)cc2Br)s1)C1CC1. The molecule has 1 saturated carbocycles. The molecule has 1 atom stereocenters. The minimum absolute atomic E-state index is 0.563. The summed E-state index contributed by atoms with van der Waals surface area (Å²) in [5.74, 6) is 0.851. The normalized spacial score (nSPS) is 16.1. The van der Waals surface area contributed by atoms with Crippen LogP contribution in [0.3, 0.4) is 0 Å². The molecule has 3 heteroatoms. The van der Waals surface area contributed by atoms with Gasteiger partial charge >= 0.3 is 0 Å². The van der Waals surface area contributed by atoms with Gasteiger partial charge in [0, 0.05) is 25.8 Å². The lowest BCUT2D eigenvalue weighted by Crippen LogP contribution is -2.22. The molecule has 1 aliphatic rings. The van der Waals surface area contributed by atoms with E-state index in [0.29, 0.717) is 6.04 Å². The fourth-order valence-electron chi connectivity index (χ4n) is 2.71. The molecule has 1 aromatic heterocycles. The predicted octanol–water partition coefficient (Wildman–Crippen LogP) is 5.94. The van der Waals surface area contributed by atoms with Crippen molar-refractivity contribution in [2.75, 3.05) is 6.54 Å². The molecule has 1 unspecified atom stereocenters. The van der Waals surface area contributed by atoms with Gasteiger partial charge in [0.05, 0.1) is 0 Å². The van der Waals surface area contributed by atoms with Crippen molar-refractivity contribution in [3.05, 3.63) is 45.2 Å². The first kappa shape index (κ1) is 15.3. The highest BCUT2D eigenvalue weighted by atomic mass is 79.9. The molecule has 0 saturated heterocycles. The number of hydrogen-bond acceptors (Lipinski definition) is 2. The summed E-state index contributed by atoms with van der Waals surface area (Å²) in [7, 11) is 0. The maximum absolute atomic E-state index is 3.73. The molecule has 1 N–H and O–H groups in total. The third-order valence-corrected chi connectivity index (χ3v) is 5.89. The Morgan fingerprint density at radius 3 is 2.76 bits per heavy atom. The maximum Gasteiger partial charge on any atom is 0.0443 e. The molecule has 0 amide bonds. The lowest BCUT2D eigenvalue weighted by Gasteiger charge is -2.16. The molecule has 3 rings (SSSR count). The molecule has 0 spiro atoms. The van der Waals surface area contributed by atoms with Crippen LogP contribution < -0.4 is 5.32 Å². The first-order chi connectivity index (χ1) is 10.2. The molecule has 21 heavy (non-hydrogen) atoms. The fraction of sp³-hybridized carbons (Fsp3) is 0.444. The first-order valence-electron chi connectivity index (χ1n) is 7.78. The molecular weight excluding hydrogens is 342 g/mol. The second kappa shape index (κ2) is 6.64. The highest BCUT2D eigenvalue weighted by molar-refractivity contribution is 9.10. The van der Waals surface area contributed by atoms with Gasteiger partial charge in [-0.05, 0) is 62.4 Å². The Kier molecular flexibility index (Phi) is 4.82. The summed E-state index contributed by atoms with van der Waals surface area (Å²) in [4.78, 5) is 2.86. The van der Waals surface area contributed by atoms with Gasteiger partial charge in [0.2, 0.25) is 0 Å². The molecule has 0 radical (unpaired) electrons. The smallest absolute Gasteiger partial charge is 0.0443 e. The van der Waals surface area contributed by atoms with Crippen LogP contribution in [0.2, 0.25) is 0 Å². The summed E-state index contributed by atoms with van der Waals surface area (Å²) in [5.41, 5.74) is 2.60. The zero-order valence-electron chi connectivity index (χ0n) is 12.7. The number of hydrogen-bond donors (Lipinski definition) is 1. The number of thiophene rings is 1. The molecule has 1 aliphatic carbocycles. The molecule has 0 bridgehead atoms. The van der Waals surface area contributed by atoms with Gasteiger partial charge in [-0.3, -0.25) is 0 Å². The Labute approximate surface area is 139 Å². The Morgan fingerprint density at radius 1 is 1.29 bits per heavy atom. The lowest BCUT2D eigenvalue weighted by atomic mass is 10.1. The van der Waals surface area contributed by atoms with Crippen molar-refractivity contribution in [3.63, 3.8) is 0 Å². The molecule has 1 nitrogen and oxygen atoms in total. The molecule has 1 heterocycles. The van der Waals surface area contributed by atoms with Crippen molar-refractivity contribution in [1.82, 2.24) is 5.32 Å². The van der Waals surface area contributed by atoms with E-state index in [1.807, 2.05) is 11.3 Å². The van der Waals surface area contributed by atoms with E-state index in [-0.39, 0.29) is 0 Å². The minimum atomic E-state index is 0.563. The first-order valence-corrected chi connectivity index (χ1v) is 9.39. The number of nitrogens with one attached hydrogen (secondary N) is 1. The van der Waals surface area contributed by atoms with Crippen molar-refractivity contribution in [1.29, 1.82) is 0 Å². The number of halogens is 1. The third-order valence-electron chi connectivity index (χ3n) is 4.03. The van der Waals surface area contributed by atoms with Crippen LogP contribution in [0.4, 0.5) is 0 Å². The van der Waals surface area contributed by atoms with Crippen molar-refractivity contribution >= 4 is 27.3 Å². The molecule has 1 fully saturated rings. The second-order valence-corrected chi connectivity index (χ2v) is 7.92. The van der Waals surface area contributed by atoms with Gasteiger partial charge in [-0.1, -0.05) is 35.0 Å². The van der Waals surface area contributed by atoms with Crippen LogP contribution in [0, 0.1) is 12.8 Å². The molecule has 0 aliphatic heterocycles. The Hall–Kier alpha value is -0.640. The average molecular weight is 364 g/mol. The van der Waals surface area contributed by atoms with Crippen LogP contribution in [0.25, 0.3) is 10.4 Å². The molecule has 1 aromatic carbocycles. The van der Waals surface area contributed by atoms with E-state index in [2.05, 4.69) is 65.4 Å². The van der Waals surface area contributed by atoms with E-state index >= 15 is 0 Å². The van der Waals surface area contributed by atoms with Crippen molar-refractivity contribution in [3.8, 4) is 10.4 Å². The van der Waals surface area contributed by atoms with Crippen LogP contribution in [0.1, 0.15) is 42.7 Å². The number of benzene rings is 1. The van der Waals surface area contributed by atoms with Gasteiger partial charge < -0.3 is 5.32 Å². The average Bonchev–Trinajstić information content (AvgIpc) is 3.18.